The van der Waals surface area contributed by atoms with Gasteiger partial charge in [-0.1, -0.05) is 25.1 Å². The highest BCUT2D eigenvalue weighted by molar-refractivity contribution is 5.95. The number of ether oxygens (including phenoxy) is 1. The number of rotatable bonds is 5. The molecule has 1 amide bonds. The normalized spacial score (nSPS) is 17.3. The van der Waals surface area contributed by atoms with Gasteiger partial charge in [-0.25, -0.2) is 9.97 Å². The fourth-order valence-electron chi connectivity index (χ4n) is 4.00. The summed E-state index contributed by atoms with van der Waals surface area (Å²) < 4.78 is 5.39. The van der Waals surface area contributed by atoms with Gasteiger partial charge < -0.3 is 15.0 Å². The molecule has 2 aliphatic rings. The molecule has 1 aromatic heterocycles. The third-order valence-electron chi connectivity index (χ3n) is 5.70. The summed E-state index contributed by atoms with van der Waals surface area (Å²) in [6.45, 7) is 6.99. The van der Waals surface area contributed by atoms with Gasteiger partial charge >= 0.3 is 0 Å². The van der Waals surface area contributed by atoms with E-state index in [2.05, 4.69) is 38.4 Å². The van der Waals surface area contributed by atoms with Gasteiger partial charge in [0.05, 0.1) is 30.5 Å². The van der Waals surface area contributed by atoms with Crippen LogP contribution in [0.5, 0.6) is 0 Å². The Morgan fingerprint density at radius 3 is 2.82 bits per heavy atom. The number of aryl methyl sites for hydroxylation is 3. The van der Waals surface area contributed by atoms with E-state index < -0.39 is 0 Å². The Labute approximate surface area is 166 Å². The molecule has 28 heavy (non-hydrogen) atoms. The van der Waals surface area contributed by atoms with Crippen LogP contribution >= 0.6 is 0 Å². The maximum Gasteiger partial charge on any atom is 0.255 e. The summed E-state index contributed by atoms with van der Waals surface area (Å²) in [5.74, 6) is 0.571. The second kappa shape index (κ2) is 8.27. The third-order valence-corrected chi connectivity index (χ3v) is 5.70. The number of fused-ring (bicyclic) bond motifs is 1. The van der Waals surface area contributed by atoms with Crippen LogP contribution in [0.25, 0.3) is 0 Å². The molecular weight excluding hydrogens is 352 g/mol. The van der Waals surface area contributed by atoms with Gasteiger partial charge in [0, 0.05) is 19.3 Å². The zero-order valence-electron chi connectivity index (χ0n) is 16.7. The Bertz CT molecular complexity index is 862. The van der Waals surface area contributed by atoms with E-state index in [1.165, 1.54) is 24.0 Å². The van der Waals surface area contributed by atoms with Gasteiger partial charge in [-0.3, -0.25) is 4.79 Å². The number of morpholine rings is 1. The summed E-state index contributed by atoms with van der Waals surface area (Å²) in [6, 6.07) is 6.53. The zero-order chi connectivity index (χ0) is 19.5. The van der Waals surface area contributed by atoms with Crippen molar-refractivity contribution in [2.24, 2.45) is 0 Å². The van der Waals surface area contributed by atoms with Gasteiger partial charge in [0.15, 0.2) is 0 Å². The van der Waals surface area contributed by atoms with Crippen molar-refractivity contribution in [3.8, 4) is 0 Å². The molecular formula is C22H28N4O2. The second-order valence-electron chi connectivity index (χ2n) is 7.56. The fourth-order valence-corrected chi connectivity index (χ4v) is 4.00. The molecule has 0 unspecified atom stereocenters. The van der Waals surface area contributed by atoms with E-state index in [4.69, 9.17) is 4.74 Å². The lowest BCUT2D eigenvalue weighted by Crippen LogP contribution is -2.37. The highest BCUT2D eigenvalue weighted by Gasteiger charge is 2.20. The second-order valence-corrected chi connectivity index (χ2v) is 7.56. The molecule has 1 aromatic carbocycles. The predicted molar refractivity (Wildman–Crippen MR) is 109 cm³/mol. The highest BCUT2D eigenvalue weighted by atomic mass is 16.5. The summed E-state index contributed by atoms with van der Waals surface area (Å²) >= 11 is 0. The van der Waals surface area contributed by atoms with Gasteiger partial charge in [0.25, 0.3) is 5.91 Å². The summed E-state index contributed by atoms with van der Waals surface area (Å²) in [5, 5.41) is 3.12. The van der Waals surface area contributed by atoms with Crippen molar-refractivity contribution in [1.29, 1.82) is 0 Å². The van der Waals surface area contributed by atoms with Crippen LogP contribution in [-0.4, -0.2) is 42.2 Å². The third kappa shape index (κ3) is 3.87. The number of carbonyl (C=O) groups is 1. The Morgan fingerprint density at radius 1 is 1.25 bits per heavy atom. The largest absolute Gasteiger partial charge is 0.378 e. The molecule has 1 saturated heterocycles. The van der Waals surface area contributed by atoms with Gasteiger partial charge in [-0.15, -0.1) is 0 Å². The minimum atomic E-state index is -0.113. The van der Waals surface area contributed by atoms with Crippen LogP contribution < -0.4 is 10.2 Å². The lowest BCUT2D eigenvalue weighted by atomic mass is 10.0. The molecule has 6 nitrogen and oxygen atoms in total. The van der Waals surface area contributed by atoms with Crippen LogP contribution in [0.1, 0.15) is 59.1 Å². The van der Waals surface area contributed by atoms with Crippen molar-refractivity contribution in [2.75, 3.05) is 31.2 Å². The number of anilines is 1. The van der Waals surface area contributed by atoms with Crippen LogP contribution in [0, 0.1) is 0 Å². The monoisotopic (exact) mass is 380 g/mol. The van der Waals surface area contributed by atoms with Crippen LogP contribution in [0.2, 0.25) is 0 Å². The first-order valence-corrected chi connectivity index (χ1v) is 10.3. The van der Waals surface area contributed by atoms with Crippen LogP contribution in [0.3, 0.4) is 0 Å². The average Bonchev–Trinajstić information content (AvgIpc) is 3.21. The smallest absolute Gasteiger partial charge is 0.255 e. The maximum atomic E-state index is 12.9. The van der Waals surface area contributed by atoms with Crippen LogP contribution in [-0.2, 0) is 24.0 Å². The standard InChI is InChI=1S/C22H28N4O2/c1-3-20-19(14-23-22(25-20)26-9-11-28-12-10-26)21(27)24-15(2)17-8-7-16-5-4-6-18(16)13-17/h7-8,13-15H,3-6,9-12H2,1-2H3,(H,24,27)/t15-/m0/s1. The van der Waals surface area contributed by atoms with Crippen molar-refractivity contribution in [1.82, 2.24) is 15.3 Å². The number of nitrogens with zero attached hydrogens (tertiary/aromatic N) is 3. The summed E-state index contributed by atoms with van der Waals surface area (Å²) in [6.07, 6.45) is 5.90. The first-order chi connectivity index (χ1) is 13.7. The van der Waals surface area contributed by atoms with Gasteiger partial charge in [0.2, 0.25) is 5.95 Å². The number of hydrogen-bond donors (Lipinski definition) is 1. The molecule has 1 aliphatic carbocycles. The Kier molecular flexibility index (Phi) is 5.57. The molecule has 148 valence electrons. The van der Waals surface area contributed by atoms with Crippen molar-refractivity contribution >= 4 is 11.9 Å². The van der Waals surface area contributed by atoms with Crippen LogP contribution in [0.15, 0.2) is 24.4 Å². The molecule has 1 aliphatic heterocycles. The average molecular weight is 380 g/mol. The first-order valence-electron chi connectivity index (χ1n) is 10.3. The van der Waals surface area contributed by atoms with Crippen molar-refractivity contribution in [3.05, 3.63) is 52.3 Å². The number of benzene rings is 1. The van der Waals surface area contributed by atoms with Crippen molar-refractivity contribution in [2.45, 2.75) is 45.6 Å². The lowest BCUT2D eigenvalue weighted by Gasteiger charge is -2.27. The molecule has 1 atom stereocenters. The van der Waals surface area contributed by atoms with Gasteiger partial charge in [-0.2, -0.15) is 0 Å². The zero-order valence-corrected chi connectivity index (χ0v) is 16.7. The quantitative estimate of drug-likeness (QED) is 0.864. The van der Waals surface area contributed by atoms with Gasteiger partial charge in [-0.05, 0) is 49.3 Å². The SMILES string of the molecule is CCc1nc(N2CCOCC2)ncc1C(=O)N[C@@H](C)c1ccc2c(c1)CCC2. The molecule has 0 saturated carbocycles. The lowest BCUT2D eigenvalue weighted by molar-refractivity contribution is 0.0938. The van der Waals surface area contributed by atoms with E-state index in [1.54, 1.807) is 6.20 Å². The molecule has 6 heteroatoms. The number of hydrogen-bond acceptors (Lipinski definition) is 5. The van der Waals surface area contributed by atoms with E-state index in [0.717, 1.165) is 30.8 Å². The van der Waals surface area contributed by atoms with E-state index in [9.17, 15) is 4.79 Å². The molecule has 2 aromatic rings. The predicted octanol–water partition coefficient (Wildman–Crippen LogP) is 2.86. The molecule has 1 fully saturated rings. The highest BCUT2D eigenvalue weighted by Crippen LogP contribution is 2.25. The van der Waals surface area contributed by atoms with E-state index in [-0.39, 0.29) is 11.9 Å². The fraction of sp³-hybridized carbons (Fsp3) is 0.500. The maximum absolute atomic E-state index is 12.9. The number of aromatic nitrogens is 2. The molecule has 0 radical (unpaired) electrons. The number of nitrogens with one attached hydrogen (secondary N) is 1. The summed E-state index contributed by atoms with van der Waals surface area (Å²) in [4.78, 5) is 24.1. The van der Waals surface area contributed by atoms with Crippen molar-refractivity contribution in [3.63, 3.8) is 0 Å². The van der Waals surface area contributed by atoms with E-state index in [0.29, 0.717) is 31.1 Å². The molecule has 0 spiro atoms. The first kappa shape index (κ1) is 18.9. The molecule has 2 heterocycles. The van der Waals surface area contributed by atoms with Gasteiger partial charge in [0.1, 0.15) is 0 Å². The van der Waals surface area contributed by atoms with E-state index >= 15 is 0 Å². The summed E-state index contributed by atoms with van der Waals surface area (Å²) in [7, 11) is 0. The van der Waals surface area contributed by atoms with Crippen LogP contribution in [0.4, 0.5) is 5.95 Å². The molecule has 4 rings (SSSR count). The Hall–Kier alpha value is -2.47. The Morgan fingerprint density at radius 2 is 2.04 bits per heavy atom. The Balaban J connectivity index is 1.49. The topological polar surface area (TPSA) is 67.3 Å². The molecule has 1 N–H and O–H groups in total. The summed E-state index contributed by atoms with van der Waals surface area (Å²) in [5.41, 5.74) is 5.37. The minimum absolute atomic E-state index is 0.0537. The number of amides is 1. The van der Waals surface area contributed by atoms with E-state index in [1.807, 2.05) is 13.8 Å². The van der Waals surface area contributed by atoms with Crippen molar-refractivity contribution < 1.29 is 9.53 Å². The minimum Gasteiger partial charge on any atom is -0.378 e. The number of carbonyl (C=O) groups excluding carboxylic acids is 1. The molecule has 0 bridgehead atoms.